The van der Waals surface area contributed by atoms with Gasteiger partial charge in [-0.25, -0.2) is 9.18 Å². The van der Waals surface area contributed by atoms with Gasteiger partial charge in [0, 0.05) is 37.4 Å². The molecule has 36 heavy (non-hydrogen) atoms. The van der Waals surface area contributed by atoms with Crippen molar-refractivity contribution in [2.75, 3.05) is 20.1 Å². The van der Waals surface area contributed by atoms with E-state index in [0.717, 1.165) is 5.56 Å². The predicted molar refractivity (Wildman–Crippen MR) is 138 cm³/mol. The Balaban J connectivity index is 1.44. The maximum absolute atomic E-state index is 13.7. The zero-order valence-electron chi connectivity index (χ0n) is 21.4. The third-order valence-corrected chi connectivity index (χ3v) is 6.56. The molecule has 0 spiro atoms. The molecule has 8 heteroatoms. The number of nitrogens with zero attached hydrogens (tertiary/aromatic N) is 2. The lowest BCUT2D eigenvalue weighted by molar-refractivity contribution is 0.0160. The number of likely N-dealkylation sites (tertiary alicyclic amines) is 1. The van der Waals surface area contributed by atoms with Crippen LogP contribution in [0.25, 0.3) is 22.0 Å². The minimum absolute atomic E-state index is 0.0241. The molecule has 1 fully saturated rings. The summed E-state index contributed by atoms with van der Waals surface area (Å²) in [7, 11) is 1.78. The van der Waals surface area contributed by atoms with E-state index >= 15 is 0 Å². The summed E-state index contributed by atoms with van der Waals surface area (Å²) in [6.07, 6.45) is 1.04. The monoisotopic (exact) mass is 493 g/mol. The number of ether oxygens (including phenoxy) is 1. The van der Waals surface area contributed by atoms with Gasteiger partial charge in [-0.15, -0.1) is 0 Å². The predicted octanol–water partition coefficient (Wildman–Crippen LogP) is 5.11. The number of carbonyl (C=O) groups is 2. The smallest absolute Gasteiger partial charge is 0.410 e. The fraction of sp³-hybridized carbons (Fsp3) is 0.393. The van der Waals surface area contributed by atoms with Gasteiger partial charge >= 0.3 is 6.09 Å². The molecule has 1 N–H and O–H groups in total. The summed E-state index contributed by atoms with van der Waals surface area (Å²) < 4.78 is 19.2. The van der Waals surface area contributed by atoms with E-state index in [1.807, 2.05) is 26.8 Å². The molecule has 1 saturated heterocycles. The summed E-state index contributed by atoms with van der Waals surface area (Å²) in [4.78, 5) is 44.2. The second kappa shape index (κ2) is 9.76. The number of aromatic nitrogens is 1. The van der Waals surface area contributed by atoms with E-state index in [2.05, 4.69) is 4.98 Å². The average molecular weight is 494 g/mol. The van der Waals surface area contributed by atoms with Crippen molar-refractivity contribution in [3.8, 4) is 11.3 Å². The zero-order valence-corrected chi connectivity index (χ0v) is 21.4. The number of hydrogen-bond donors (Lipinski definition) is 1. The number of amides is 2. The van der Waals surface area contributed by atoms with Crippen LogP contribution in [0.4, 0.5) is 9.18 Å². The van der Waals surface area contributed by atoms with Crippen molar-refractivity contribution in [1.29, 1.82) is 0 Å². The first-order valence-corrected chi connectivity index (χ1v) is 12.1. The van der Waals surface area contributed by atoms with Gasteiger partial charge in [-0.1, -0.05) is 12.1 Å². The summed E-state index contributed by atoms with van der Waals surface area (Å²) in [5, 5.41) is 0.996. The van der Waals surface area contributed by atoms with E-state index in [9.17, 15) is 18.8 Å². The second-order valence-electron chi connectivity index (χ2n) is 10.4. The summed E-state index contributed by atoms with van der Waals surface area (Å²) in [6, 6.07) is 11.6. The number of carbonyl (C=O) groups excluding carboxylic acids is 2. The normalized spacial score (nSPS) is 14.7. The number of aryl methyl sites for hydroxylation is 1. The van der Waals surface area contributed by atoms with E-state index in [-0.39, 0.29) is 23.6 Å². The van der Waals surface area contributed by atoms with Crippen LogP contribution >= 0.6 is 0 Å². The summed E-state index contributed by atoms with van der Waals surface area (Å²) >= 11 is 0. The number of fused-ring (bicyclic) bond motifs is 1. The maximum atomic E-state index is 13.7. The van der Waals surface area contributed by atoms with Crippen molar-refractivity contribution in [2.45, 2.75) is 52.2 Å². The number of benzene rings is 2. The molecule has 7 nitrogen and oxygen atoms in total. The van der Waals surface area contributed by atoms with Crippen LogP contribution in [0, 0.1) is 12.7 Å². The highest BCUT2D eigenvalue weighted by Crippen LogP contribution is 2.25. The number of pyridine rings is 1. The standard InChI is InChI=1S/C28H32FN3O4/c1-17-14-20(29)15-23-22(17)16-24(30-25(23)33)18-6-8-19(9-7-18)26(34)31(5)21-10-12-32(13-11-21)27(35)36-28(2,3)4/h6-9,14-16,21H,10-13H2,1-5H3,(H,30,33). The number of halogens is 1. The lowest BCUT2D eigenvalue weighted by Gasteiger charge is -2.37. The van der Waals surface area contributed by atoms with Crippen LogP contribution in [0.3, 0.4) is 0 Å². The number of hydrogen-bond acceptors (Lipinski definition) is 4. The Bertz CT molecular complexity index is 1350. The van der Waals surface area contributed by atoms with Crippen LogP contribution in [0.1, 0.15) is 49.5 Å². The van der Waals surface area contributed by atoms with E-state index in [1.165, 1.54) is 12.1 Å². The fourth-order valence-electron chi connectivity index (χ4n) is 4.58. The highest BCUT2D eigenvalue weighted by molar-refractivity contribution is 5.95. The van der Waals surface area contributed by atoms with Crippen LogP contribution in [-0.2, 0) is 4.74 Å². The SMILES string of the molecule is Cc1cc(F)cc2c(=O)[nH]c(-c3ccc(C(=O)N(C)C4CCN(C(=O)OC(C)(C)C)CC4)cc3)cc12. The fourth-order valence-corrected chi connectivity index (χ4v) is 4.58. The van der Waals surface area contributed by atoms with E-state index in [0.29, 0.717) is 53.5 Å². The quantitative estimate of drug-likeness (QED) is 0.549. The lowest BCUT2D eigenvalue weighted by atomic mass is 10.0. The first kappa shape index (κ1) is 25.4. The summed E-state index contributed by atoms with van der Waals surface area (Å²) in [5.41, 5.74) is 1.68. The molecule has 2 aromatic carbocycles. The molecule has 1 aliphatic rings. The Morgan fingerprint density at radius 3 is 2.31 bits per heavy atom. The van der Waals surface area contributed by atoms with Crippen LogP contribution in [0.2, 0.25) is 0 Å². The van der Waals surface area contributed by atoms with Gasteiger partial charge in [-0.3, -0.25) is 9.59 Å². The molecular formula is C28H32FN3O4. The van der Waals surface area contributed by atoms with Crippen molar-refractivity contribution in [2.24, 2.45) is 0 Å². The largest absolute Gasteiger partial charge is 0.444 e. The molecule has 1 aliphatic heterocycles. The van der Waals surface area contributed by atoms with Crippen molar-refractivity contribution < 1.29 is 18.7 Å². The molecule has 2 amide bonds. The molecule has 0 bridgehead atoms. The molecule has 0 radical (unpaired) electrons. The zero-order chi connectivity index (χ0) is 26.2. The van der Waals surface area contributed by atoms with Crippen molar-refractivity contribution in [3.63, 3.8) is 0 Å². The topological polar surface area (TPSA) is 82.7 Å². The summed E-state index contributed by atoms with van der Waals surface area (Å²) in [6.45, 7) is 8.37. The Morgan fingerprint density at radius 1 is 1.06 bits per heavy atom. The van der Waals surface area contributed by atoms with Crippen LogP contribution in [-0.4, -0.2) is 58.6 Å². The molecule has 0 atom stereocenters. The van der Waals surface area contributed by atoms with E-state index < -0.39 is 11.4 Å². The van der Waals surface area contributed by atoms with Gasteiger partial charge in [0.1, 0.15) is 11.4 Å². The Labute approximate surface area is 209 Å². The molecule has 0 saturated carbocycles. The third-order valence-electron chi connectivity index (χ3n) is 6.56. The van der Waals surface area contributed by atoms with E-state index in [4.69, 9.17) is 4.74 Å². The third kappa shape index (κ3) is 5.42. The highest BCUT2D eigenvalue weighted by atomic mass is 19.1. The maximum Gasteiger partial charge on any atom is 0.410 e. The van der Waals surface area contributed by atoms with Gasteiger partial charge < -0.3 is 19.5 Å². The average Bonchev–Trinajstić information content (AvgIpc) is 2.83. The molecule has 2 heterocycles. The van der Waals surface area contributed by atoms with Crippen molar-refractivity contribution in [3.05, 3.63) is 69.8 Å². The molecule has 0 aliphatic carbocycles. The number of piperidine rings is 1. The van der Waals surface area contributed by atoms with Crippen LogP contribution < -0.4 is 5.56 Å². The highest BCUT2D eigenvalue weighted by Gasteiger charge is 2.30. The minimum atomic E-state index is -0.538. The molecule has 3 aromatic rings. The minimum Gasteiger partial charge on any atom is -0.444 e. The van der Waals surface area contributed by atoms with Gasteiger partial charge in [0.05, 0.1) is 5.39 Å². The van der Waals surface area contributed by atoms with E-state index in [1.54, 1.807) is 48.0 Å². The second-order valence-corrected chi connectivity index (χ2v) is 10.4. The van der Waals surface area contributed by atoms with Crippen LogP contribution in [0.15, 0.2) is 47.3 Å². The molecular weight excluding hydrogens is 461 g/mol. The van der Waals surface area contributed by atoms with Gasteiger partial charge in [0.25, 0.3) is 11.5 Å². The Hall–Kier alpha value is -3.68. The van der Waals surface area contributed by atoms with Crippen molar-refractivity contribution >= 4 is 22.8 Å². The van der Waals surface area contributed by atoms with Gasteiger partial charge in [-0.2, -0.15) is 0 Å². The molecule has 4 rings (SSSR count). The Kier molecular flexibility index (Phi) is 6.89. The van der Waals surface area contributed by atoms with Crippen LogP contribution in [0.5, 0.6) is 0 Å². The first-order valence-electron chi connectivity index (χ1n) is 12.1. The van der Waals surface area contributed by atoms with Gasteiger partial charge in [-0.05, 0) is 87.4 Å². The molecule has 0 unspecified atom stereocenters. The summed E-state index contributed by atoms with van der Waals surface area (Å²) in [5.74, 6) is -0.545. The first-order chi connectivity index (χ1) is 16.9. The molecule has 190 valence electrons. The lowest BCUT2D eigenvalue weighted by Crippen LogP contribution is -2.48. The number of H-pyrrole nitrogens is 1. The number of nitrogens with one attached hydrogen (secondary N) is 1. The van der Waals surface area contributed by atoms with Gasteiger partial charge in [0.15, 0.2) is 0 Å². The van der Waals surface area contributed by atoms with Crippen molar-refractivity contribution in [1.82, 2.24) is 14.8 Å². The van der Waals surface area contributed by atoms with Gasteiger partial charge in [0.2, 0.25) is 0 Å². The Morgan fingerprint density at radius 2 is 1.69 bits per heavy atom. The number of rotatable bonds is 3. The number of aromatic amines is 1. The molecule has 1 aromatic heterocycles.